The summed E-state index contributed by atoms with van der Waals surface area (Å²) in [4.78, 5) is 2.13. The van der Waals surface area contributed by atoms with E-state index in [-0.39, 0.29) is 0 Å². The summed E-state index contributed by atoms with van der Waals surface area (Å²) in [5.74, 6) is 0. The molecule has 0 saturated carbocycles. The molecule has 4 aromatic carbocycles. The maximum atomic E-state index is 3.75. The number of para-hydroxylation sites is 3. The van der Waals surface area contributed by atoms with Gasteiger partial charge in [-0.15, -0.1) is 0 Å². The van der Waals surface area contributed by atoms with Crippen LogP contribution in [0, 0.1) is 0 Å². The Morgan fingerprint density at radius 2 is 1.04 bits per heavy atom. The Hall–Kier alpha value is -3.52. The average molecular weight is 364 g/mol. The third kappa shape index (κ3) is 3.63. The van der Waals surface area contributed by atoms with Crippen molar-refractivity contribution in [2.45, 2.75) is 0 Å². The van der Waals surface area contributed by atoms with Crippen molar-refractivity contribution in [2.75, 3.05) is 24.3 Å². The van der Waals surface area contributed by atoms with Crippen LogP contribution in [-0.4, -0.2) is 14.1 Å². The monoisotopic (exact) mass is 364 g/mol. The second kappa shape index (κ2) is 8.01. The molecule has 0 atom stereocenters. The third-order valence-electron chi connectivity index (χ3n) is 4.88. The van der Waals surface area contributed by atoms with Crippen LogP contribution in [0.4, 0.5) is 17.1 Å². The standard InChI is InChI=1S/C26H24N2/c1-28(2)25-19-10-9-18-24(25)27-26-22(20-12-5-3-6-13-20)16-11-17-23(26)21-14-7-4-8-15-21/h3-19,27H,1-2H3. The Labute approximate surface area is 167 Å². The van der Waals surface area contributed by atoms with Gasteiger partial charge in [-0.05, 0) is 23.3 Å². The van der Waals surface area contributed by atoms with Gasteiger partial charge in [0.1, 0.15) is 0 Å². The van der Waals surface area contributed by atoms with E-state index < -0.39 is 0 Å². The van der Waals surface area contributed by atoms with Crippen LogP contribution >= 0.6 is 0 Å². The summed E-state index contributed by atoms with van der Waals surface area (Å²) in [6, 6.07) is 36.0. The molecular formula is C26H24N2. The van der Waals surface area contributed by atoms with Gasteiger partial charge in [0.15, 0.2) is 0 Å². The Kier molecular flexibility index (Phi) is 5.11. The van der Waals surface area contributed by atoms with E-state index >= 15 is 0 Å². The van der Waals surface area contributed by atoms with Crippen molar-refractivity contribution >= 4 is 17.1 Å². The van der Waals surface area contributed by atoms with Crippen LogP contribution in [0.25, 0.3) is 22.3 Å². The minimum Gasteiger partial charge on any atom is -0.376 e. The van der Waals surface area contributed by atoms with Crippen molar-refractivity contribution in [2.24, 2.45) is 0 Å². The Morgan fingerprint density at radius 3 is 1.57 bits per heavy atom. The number of benzene rings is 4. The Balaban J connectivity index is 1.91. The lowest BCUT2D eigenvalue weighted by molar-refractivity contribution is 1.13. The van der Waals surface area contributed by atoms with Crippen molar-refractivity contribution in [3.63, 3.8) is 0 Å². The third-order valence-corrected chi connectivity index (χ3v) is 4.88. The summed E-state index contributed by atoms with van der Waals surface area (Å²) < 4.78 is 0. The number of nitrogens with one attached hydrogen (secondary N) is 1. The van der Waals surface area contributed by atoms with E-state index in [0.717, 1.165) is 17.1 Å². The van der Waals surface area contributed by atoms with E-state index in [0.29, 0.717) is 0 Å². The first kappa shape index (κ1) is 17.9. The van der Waals surface area contributed by atoms with Gasteiger partial charge in [-0.25, -0.2) is 0 Å². The lowest BCUT2D eigenvalue weighted by atomic mass is 9.95. The van der Waals surface area contributed by atoms with Crippen molar-refractivity contribution in [3.05, 3.63) is 103 Å². The molecule has 0 aromatic heterocycles. The van der Waals surface area contributed by atoms with Crippen LogP contribution in [0.5, 0.6) is 0 Å². The summed E-state index contributed by atoms with van der Waals surface area (Å²) in [6.45, 7) is 0. The lowest BCUT2D eigenvalue weighted by Crippen LogP contribution is -2.11. The summed E-state index contributed by atoms with van der Waals surface area (Å²) in [5, 5.41) is 3.75. The zero-order chi connectivity index (χ0) is 19.3. The molecule has 2 nitrogen and oxygen atoms in total. The predicted octanol–water partition coefficient (Wildman–Crippen LogP) is 6.83. The Bertz CT molecular complexity index is 996. The topological polar surface area (TPSA) is 15.3 Å². The van der Waals surface area contributed by atoms with Crippen LogP contribution in [0.3, 0.4) is 0 Å². The highest BCUT2D eigenvalue weighted by Crippen LogP contribution is 2.40. The van der Waals surface area contributed by atoms with Crippen LogP contribution in [0.1, 0.15) is 0 Å². The van der Waals surface area contributed by atoms with E-state index in [1.165, 1.54) is 22.3 Å². The molecule has 0 aliphatic rings. The van der Waals surface area contributed by atoms with E-state index in [2.05, 4.69) is 127 Å². The minimum atomic E-state index is 1.09. The number of rotatable bonds is 5. The van der Waals surface area contributed by atoms with E-state index in [1.54, 1.807) is 0 Å². The molecule has 4 rings (SSSR count). The molecule has 0 bridgehead atoms. The van der Waals surface area contributed by atoms with Gasteiger partial charge in [-0.3, -0.25) is 0 Å². The number of hydrogen-bond donors (Lipinski definition) is 1. The fourth-order valence-corrected chi connectivity index (χ4v) is 3.51. The van der Waals surface area contributed by atoms with Gasteiger partial charge in [-0.2, -0.15) is 0 Å². The molecule has 0 aliphatic heterocycles. The summed E-state index contributed by atoms with van der Waals surface area (Å²) in [6.07, 6.45) is 0. The van der Waals surface area contributed by atoms with Crippen molar-refractivity contribution < 1.29 is 0 Å². The second-order valence-corrected chi connectivity index (χ2v) is 7.00. The zero-order valence-electron chi connectivity index (χ0n) is 16.3. The molecule has 0 aliphatic carbocycles. The van der Waals surface area contributed by atoms with Crippen LogP contribution in [0.2, 0.25) is 0 Å². The molecule has 0 radical (unpaired) electrons. The van der Waals surface area contributed by atoms with E-state index in [1.807, 2.05) is 0 Å². The van der Waals surface area contributed by atoms with E-state index in [4.69, 9.17) is 0 Å². The molecule has 2 heteroatoms. The van der Waals surface area contributed by atoms with Gasteiger partial charge in [0.05, 0.1) is 17.1 Å². The molecule has 0 spiro atoms. The molecule has 0 saturated heterocycles. The van der Waals surface area contributed by atoms with Crippen molar-refractivity contribution in [1.82, 2.24) is 0 Å². The second-order valence-electron chi connectivity index (χ2n) is 7.00. The minimum absolute atomic E-state index is 1.09. The van der Waals surface area contributed by atoms with E-state index in [9.17, 15) is 0 Å². The first-order chi connectivity index (χ1) is 13.7. The average Bonchev–Trinajstić information content (AvgIpc) is 2.75. The first-order valence-electron chi connectivity index (χ1n) is 9.51. The SMILES string of the molecule is CN(C)c1ccccc1Nc1c(-c2ccccc2)cccc1-c1ccccc1. The highest BCUT2D eigenvalue weighted by molar-refractivity contribution is 5.94. The summed E-state index contributed by atoms with van der Waals surface area (Å²) >= 11 is 0. The van der Waals surface area contributed by atoms with Crippen LogP contribution < -0.4 is 10.2 Å². The Morgan fingerprint density at radius 1 is 0.536 bits per heavy atom. The maximum absolute atomic E-state index is 3.75. The predicted molar refractivity (Wildman–Crippen MR) is 121 cm³/mol. The summed E-state index contributed by atoms with van der Waals surface area (Å²) in [7, 11) is 4.14. The molecule has 1 N–H and O–H groups in total. The van der Waals surface area contributed by atoms with Crippen LogP contribution in [0.15, 0.2) is 103 Å². The highest BCUT2D eigenvalue weighted by atomic mass is 15.1. The van der Waals surface area contributed by atoms with Crippen LogP contribution in [-0.2, 0) is 0 Å². The molecule has 0 fully saturated rings. The maximum Gasteiger partial charge on any atom is 0.0622 e. The first-order valence-corrected chi connectivity index (χ1v) is 9.51. The smallest absolute Gasteiger partial charge is 0.0622 e. The number of nitrogens with zero attached hydrogens (tertiary/aromatic N) is 1. The highest BCUT2D eigenvalue weighted by Gasteiger charge is 2.14. The molecule has 0 unspecified atom stereocenters. The van der Waals surface area contributed by atoms with Crippen molar-refractivity contribution in [3.8, 4) is 22.3 Å². The van der Waals surface area contributed by atoms with Gasteiger partial charge in [0.2, 0.25) is 0 Å². The van der Waals surface area contributed by atoms with Crippen molar-refractivity contribution in [1.29, 1.82) is 0 Å². The quantitative estimate of drug-likeness (QED) is 0.417. The number of anilines is 3. The zero-order valence-corrected chi connectivity index (χ0v) is 16.3. The molecule has 138 valence electrons. The van der Waals surface area contributed by atoms with Gasteiger partial charge >= 0.3 is 0 Å². The fourth-order valence-electron chi connectivity index (χ4n) is 3.51. The van der Waals surface area contributed by atoms with Gasteiger partial charge in [-0.1, -0.05) is 91.0 Å². The van der Waals surface area contributed by atoms with Gasteiger partial charge in [0.25, 0.3) is 0 Å². The lowest BCUT2D eigenvalue weighted by Gasteiger charge is -2.22. The molecule has 4 aromatic rings. The number of hydrogen-bond acceptors (Lipinski definition) is 2. The normalized spacial score (nSPS) is 10.5. The molecular weight excluding hydrogens is 340 g/mol. The fraction of sp³-hybridized carbons (Fsp3) is 0.0769. The van der Waals surface area contributed by atoms with Gasteiger partial charge < -0.3 is 10.2 Å². The largest absolute Gasteiger partial charge is 0.376 e. The molecule has 28 heavy (non-hydrogen) atoms. The van der Waals surface area contributed by atoms with Gasteiger partial charge in [0, 0.05) is 25.2 Å². The summed E-state index contributed by atoms with van der Waals surface area (Å²) in [5.41, 5.74) is 8.15. The molecule has 0 heterocycles. The molecule has 0 amide bonds.